The molecule has 1 atom stereocenters. The molecule has 1 heterocycles. The van der Waals surface area contributed by atoms with E-state index >= 15 is 0 Å². The molecule has 0 bridgehead atoms. The Morgan fingerprint density at radius 2 is 2.04 bits per heavy atom. The first-order valence-corrected chi connectivity index (χ1v) is 7.63. The number of allylic oxidation sites excluding steroid dienone is 1. The van der Waals surface area contributed by atoms with E-state index in [9.17, 15) is 4.79 Å². The van der Waals surface area contributed by atoms with Crippen LogP contribution in [0.4, 0.5) is 0 Å². The van der Waals surface area contributed by atoms with Crippen LogP contribution < -0.4 is 9.47 Å². The second-order valence-electron chi connectivity index (χ2n) is 5.14. The van der Waals surface area contributed by atoms with Crippen LogP contribution in [0.3, 0.4) is 0 Å². The van der Waals surface area contributed by atoms with Crippen molar-refractivity contribution in [2.45, 2.75) is 19.4 Å². The van der Waals surface area contributed by atoms with E-state index in [0.29, 0.717) is 12.1 Å². The lowest BCUT2D eigenvalue weighted by molar-refractivity contribution is 0.0417. The van der Waals surface area contributed by atoms with E-state index in [1.54, 1.807) is 38.6 Å². The summed E-state index contributed by atoms with van der Waals surface area (Å²) >= 11 is 0. The SMILES string of the molecule is COc1ccc(C/C=C/[C@H](C)OC(=O)c2ccccn2)c(OC)c1. The second kappa shape index (κ2) is 8.72. The number of hydrogen-bond donors (Lipinski definition) is 0. The van der Waals surface area contributed by atoms with Crippen LogP contribution in [0.5, 0.6) is 11.5 Å². The third kappa shape index (κ3) is 4.84. The number of nitrogens with zero attached hydrogens (tertiary/aromatic N) is 1. The highest BCUT2D eigenvalue weighted by molar-refractivity contribution is 5.87. The Morgan fingerprint density at radius 3 is 2.71 bits per heavy atom. The van der Waals surface area contributed by atoms with E-state index in [-0.39, 0.29) is 6.10 Å². The van der Waals surface area contributed by atoms with Gasteiger partial charge in [0.1, 0.15) is 23.3 Å². The predicted octanol–water partition coefficient (Wildman–Crippen LogP) is 3.44. The number of pyridine rings is 1. The molecule has 2 aromatic rings. The van der Waals surface area contributed by atoms with Crippen LogP contribution in [0.15, 0.2) is 54.7 Å². The first-order valence-electron chi connectivity index (χ1n) is 7.63. The van der Waals surface area contributed by atoms with Gasteiger partial charge in [0.05, 0.1) is 14.2 Å². The summed E-state index contributed by atoms with van der Waals surface area (Å²) in [5, 5.41) is 0. The first kappa shape index (κ1) is 17.5. The zero-order valence-corrected chi connectivity index (χ0v) is 14.1. The molecule has 126 valence electrons. The Morgan fingerprint density at radius 1 is 1.21 bits per heavy atom. The largest absolute Gasteiger partial charge is 0.497 e. The Bertz CT molecular complexity index is 698. The number of esters is 1. The van der Waals surface area contributed by atoms with E-state index in [0.717, 1.165) is 17.1 Å². The fourth-order valence-corrected chi connectivity index (χ4v) is 2.16. The summed E-state index contributed by atoms with van der Waals surface area (Å²) in [7, 11) is 3.24. The van der Waals surface area contributed by atoms with Crippen LogP contribution >= 0.6 is 0 Å². The molecular formula is C19H21NO4. The number of hydrogen-bond acceptors (Lipinski definition) is 5. The molecular weight excluding hydrogens is 306 g/mol. The Balaban J connectivity index is 1.93. The van der Waals surface area contributed by atoms with Crippen LogP contribution in [-0.2, 0) is 11.2 Å². The van der Waals surface area contributed by atoms with Gasteiger partial charge in [-0.3, -0.25) is 0 Å². The summed E-state index contributed by atoms with van der Waals surface area (Å²) in [6.07, 6.45) is 5.67. The molecule has 0 amide bonds. The van der Waals surface area contributed by atoms with Gasteiger partial charge >= 0.3 is 5.97 Å². The predicted molar refractivity (Wildman–Crippen MR) is 91.5 cm³/mol. The minimum atomic E-state index is -0.435. The maximum atomic E-state index is 11.9. The van der Waals surface area contributed by atoms with Crippen LogP contribution in [0.1, 0.15) is 23.0 Å². The minimum absolute atomic E-state index is 0.301. The maximum absolute atomic E-state index is 11.9. The first-order chi connectivity index (χ1) is 11.6. The molecule has 5 heteroatoms. The van der Waals surface area contributed by atoms with Crippen molar-refractivity contribution in [3.8, 4) is 11.5 Å². The molecule has 24 heavy (non-hydrogen) atoms. The molecule has 2 rings (SSSR count). The zero-order valence-electron chi connectivity index (χ0n) is 14.1. The van der Waals surface area contributed by atoms with Crippen molar-refractivity contribution in [3.05, 3.63) is 66.0 Å². The van der Waals surface area contributed by atoms with Crippen molar-refractivity contribution < 1.29 is 19.0 Å². The summed E-state index contributed by atoms with van der Waals surface area (Å²) in [6, 6.07) is 10.8. The molecule has 0 spiro atoms. The Hall–Kier alpha value is -2.82. The number of ether oxygens (including phenoxy) is 3. The summed E-state index contributed by atoms with van der Waals surface area (Å²) < 4.78 is 15.9. The molecule has 0 aliphatic heterocycles. The number of benzene rings is 1. The normalized spacial score (nSPS) is 12.0. The topological polar surface area (TPSA) is 57.7 Å². The fourth-order valence-electron chi connectivity index (χ4n) is 2.16. The number of aromatic nitrogens is 1. The lowest BCUT2D eigenvalue weighted by Crippen LogP contribution is -2.14. The van der Waals surface area contributed by atoms with Crippen LogP contribution in [0, 0.1) is 0 Å². The molecule has 0 aliphatic carbocycles. The highest BCUT2D eigenvalue weighted by atomic mass is 16.5. The second-order valence-corrected chi connectivity index (χ2v) is 5.14. The molecule has 0 saturated carbocycles. The molecule has 0 fully saturated rings. The van der Waals surface area contributed by atoms with Crippen molar-refractivity contribution in [2.24, 2.45) is 0 Å². The van der Waals surface area contributed by atoms with Crippen LogP contribution in [-0.4, -0.2) is 31.3 Å². The number of carbonyl (C=O) groups is 1. The third-order valence-corrected chi connectivity index (χ3v) is 3.41. The summed E-state index contributed by atoms with van der Waals surface area (Å²) in [5.41, 5.74) is 1.33. The maximum Gasteiger partial charge on any atom is 0.357 e. The van der Waals surface area contributed by atoms with Gasteiger partial charge in [0.25, 0.3) is 0 Å². The van der Waals surface area contributed by atoms with Gasteiger partial charge in [-0.25, -0.2) is 9.78 Å². The average Bonchev–Trinajstić information content (AvgIpc) is 2.62. The Labute approximate surface area is 141 Å². The number of carbonyl (C=O) groups excluding carboxylic acids is 1. The monoisotopic (exact) mass is 327 g/mol. The van der Waals surface area contributed by atoms with Gasteiger partial charge in [-0.2, -0.15) is 0 Å². The summed E-state index contributed by atoms with van der Waals surface area (Å²) in [6.45, 7) is 1.81. The average molecular weight is 327 g/mol. The smallest absolute Gasteiger partial charge is 0.357 e. The lowest BCUT2D eigenvalue weighted by atomic mass is 10.1. The molecule has 0 aliphatic rings. The van der Waals surface area contributed by atoms with Gasteiger partial charge in [-0.05, 0) is 43.2 Å². The van der Waals surface area contributed by atoms with E-state index in [1.807, 2.05) is 37.3 Å². The molecule has 0 radical (unpaired) electrons. The highest BCUT2D eigenvalue weighted by Crippen LogP contribution is 2.25. The van der Waals surface area contributed by atoms with E-state index in [2.05, 4.69) is 4.98 Å². The van der Waals surface area contributed by atoms with Gasteiger partial charge in [0.15, 0.2) is 0 Å². The van der Waals surface area contributed by atoms with Gasteiger partial charge < -0.3 is 14.2 Å². The van der Waals surface area contributed by atoms with Crippen molar-refractivity contribution in [1.29, 1.82) is 0 Å². The van der Waals surface area contributed by atoms with Gasteiger partial charge in [-0.15, -0.1) is 0 Å². The summed E-state index contributed by atoms with van der Waals surface area (Å²) in [5.74, 6) is 1.07. The van der Waals surface area contributed by atoms with E-state index in [4.69, 9.17) is 14.2 Å². The zero-order chi connectivity index (χ0) is 17.4. The molecule has 1 aromatic heterocycles. The third-order valence-electron chi connectivity index (χ3n) is 3.41. The standard InChI is InChI=1S/C19H21NO4/c1-14(24-19(21)17-9-4-5-12-20-17)7-6-8-15-10-11-16(22-2)13-18(15)23-3/h4-7,9-14H,8H2,1-3H3/b7-6+/t14-/m0/s1. The quantitative estimate of drug-likeness (QED) is 0.576. The minimum Gasteiger partial charge on any atom is -0.497 e. The Kier molecular flexibility index (Phi) is 6.37. The van der Waals surface area contributed by atoms with Crippen LogP contribution in [0.2, 0.25) is 0 Å². The van der Waals surface area contributed by atoms with Crippen molar-refractivity contribution in [2.75, 3.05) is 14.2 Å². The van der Waals surface area contributed by atoms with Gasteiger partial charge in [-0.1, -0.05) is 18.2 Å². The van der Waals surface area contributed by atoms with E-state index < -0.39 is 5.97 Å². The van der Waals surface area contributed by atoms with Crippen molar-refractivity contribution in [3.63, 3.8) is 0 Å². The summed E-state index contributed by atoms with van der Waals surface area (Å²) in [4.78, 5) is 15.9. The van der Waals surface area contributed by atoms with Crippen molar-refractivity contribution >= 4 is 5.97 Å². The fraction of sp³-hybridized carbons (Fsp3) is 0.263. The number of rotatable bonds is 7. The van der Waals surface area contributed by atoms with Gasteiger partial charge in [0.2, 0.25) is 0 Å². The highest BCUT2D eigenvalue weighted by Gasteiger charge is 2.10. The molecule has 0 N–H and O–H groups in total. The van der Waals surface area contributed by atoms with Crippen LogP contribution in [0.25, 0.3) is 0 Å². The molecule has 0 unspecified atom stereocenters. The molecule has 1 aromatic carbocycles. The molecule has 5 nitrogen and oxygen atoms in total. The molecule has 0 saturated heterocycles. The number of methoxy groups -OCH3 is 2. The van der Waals surface area contributed by atoms with Gasteiger partial charge in [0, 0.05) is 12.3 Å². The lowest BCUT2D eigenvalue weighted by Gasteiger charge is -2.10. The van der Waals surface area contributed by atoms with Crippen molar-refractivity contribution in [1.82, 2.24) is 4.98 Å². The van der Waals surface area contributed by atoms with E-state index in [1.165, 1.54) is 0 Å².